The number of fused-ring (bicyclic) bond motifs is 2. The first-order valence-electron chi connectivity index (χ1n) is 9.61. The highest BCUT2D eigenvalue weighted by atomic mass is 16.5. The van der Waals surface area contributed by atoms with Crippen LogP contribution < -0.4 is 26.8 Å². The van der Waals surface area contributed by atoms with Crippen molar-refractivity contribution in [1.29, 1.82) is 0 Å². The first kappa shape index (κ1) is 18.2. The van der Waals surface area contributed by atoms with Gasteiger partial charge in [-0.15, -0.1) is 0 Å². The maximum absolute atomic E-state index is 6.35. The summed E-state index contributed by atoms with van der Waals surface area (Å²) < 4.78 is 11.5. The van der Waals surface area contributed by atoms with Crippen molar-refractivity contribution in [2.24, 2.45) is 10.7 Å². The lowest BCUT2D eigenvalue weighted by Gasteiger charge is -2.28. The van der Waals surface area contributed by atoms with Gasteiger partial charge < -0.3 is 31.6 Å². The molecule has 2 aliphatic heterocycles. The Balaban J connectivity index is 1.60. The second-order valence-electron chi connectivity index (χ2n) is 7.07. The Bertz CT molecular complexity index is 1160. The Kier molecular flexibility index (Phi) is 4.36. The second kappa shape index (κ2) is 7.20. The van der Waals surface area contributed by atoms with Crippen molar-refractivity contribution in [1.82, 2.24) is 9.97 Å². The summed E-state index contributed by atoms with van der Waals surface area (Å²) in [7, 11) is 0. The highest BCUT2D eigenvalue weighted by Gasteiger charge is 2.21. The monoisotopic (exact) mass is 403 g/mol. The summed E-state index contributed by atoms with van der Waals surface area (Å²) in [4.78, 5) is 15.4. The molecule has 9 heteroatoms. The van der Waals surface area contributed by atoms with E-state index in [4.69, 9.17) is 26.7 Å². The van der Waals surface area contributed by atoms with Gasteiger partial charge in [0.2, 0.25) is 5.95 Å². The van der Waals surface area contributed by atoms with Crippen molar-refractivity contribution in [3.63, 3.8) is 0 Å². The van der Waals surface area contributed by atoms with Gasteiger partial charge in [-0.2, -0.15) is 4.98 Å². The fourth-order valence-corrected chi connectivity index (χ4v) is 3.63. The first-order chi connectivity index (χ1) is 14.6. The minimum Gasteiger partial charge on any atom is -0.454 e. The third kappa shape index (κ3) is 3.25. The van der Waals surface area contributed by atoms with Crippen molar-refractivity contribution in [2.45, 2.75) is 0 Å². The molecular formula is C21H21N7O2. The van der Waals surface area contributed by atoms with Crippen LogP contribution in [0.4, 0.5) is 23.1 Å². The second-order valence-corrected chi connectivity index (χ2v) is 7.07. The van der Waals surface area contributed by atoms with E-state index in [2.05, 4.69) is 19.9 Å². The molecular weight excluding hydrogens is 382 g/mol. The number of nitrogen functional groups attached to an aromatic ring is 2. The Morgan fingerprint density at radius 2 is 1.70 bits per heavy atom. The average molecular weight is 403 g/mol. The molecule has 152 valence electrons. The fourth-order valence-electron chi connectivity index (χ4n) is 3.63. The van der Waals surface area contributed by atoms with Gasteiger partial charge in [-0.1, -0.05) is 12.1 Å². The quantitative estimate of drug-likeness (QED) is 0.554. The van der Waals surface area contributed by atoms with E-state index < -0.39 is 0 Å². The van der Waals surface area contributed by atoms with Gasteiger partial charge >= 0.3 is 0 Å². The molecule has 0 radical (unpaired) electrons. The Hall–Kier alpha value is -3.85. The Morgan fingerprint density at radius 1 is 0.900 bits per heavy atom. The average Bonchev–Trinajstić information content (AvgIpc) is 2.89. The topological polar surface area (TPSA) is 138 Å². The maximum Gasteiger partial charge on any atom is 0.222 e. The van der Waals surface area contributed by atoms with Crippen LogP contribution in [0.2, 0.25) is 0 Å². The van der Waals surface area contributed by atoms with Gasteiger partial charge in [0.15, 0.2) is 5.75 Å². The van der Waals surface area contributed by atoms with Crippen LogP contribution in [0.3, 0.4) is 0 Å². The number of rotatable bonds is 2. The van der Waals surface area contributed by atoms with Gasteiger partial charge in [-0.05, 0) is 24.3 Å². The van der Waals surface area contributed by atoms with Crippen molar-refractivity contribution in [2.75, 3.05) is 42.7 Å². The van der Waals surface area contributed by atoms with Crippen molar-refractivity contribution in [3.8, 4) is 22.8 Å². The molecule has 3 heterocycles. The first-order valence-corrected chi connectivity index (χ1v) is 9.61. The van der Waals surface area contributed by atoms with E-state index >= 15 is 0 Å². The number of nitrogens with zero attached hydrogens (tertiary/aromatic N) is 4. The minimum absolute atomic E-state index is 0.190. The lowest BCUT2D eigenvalue weighted by Crippen LogP contribution is -2.36. The molecule has 0 bridgehead atoms. The smallest absolute Gasteiger partial charge is 0.222 e. The predicted octanol–water partition coefficient (Wildman–Crippen LogP) is 2.29. The highest BCUT2D eigenvalue weighted by Crippen LogP contribution is 2.41. The van der Waals surface area contributed by atoms with E-state index in [0.29, 0.717) is 53.2 Å². The lowest BCUT2D eigenvalue weighted by molar-refractivity contribution is 0.122. The number of aromatic nitrogens is 2. The molecule has 2 aromatic carbocycles. The third-order valence-electron chi connectivity index (χ3n) is 5.08. The number of anilines is 3. The number of amidine groups is 1. The normalized spacial score (nSPS) is 15.5. The van der Waals surface area contributed by atoms with Crippen LogP contribution in [0.5, 0.6) is 11.5 Å². The zero-order chi connectivity index (χ0) is 20.7. The number of aliphatic imine (C=N–C) groups is 1. The van der Waals surface area contributed by atoms with Gasteiger partial charge in [-0.25, -0.2) is 9.98 Å². The zero-order valence-electron chi connectivity index (χ0n) is 16.2. The molecule has 1 saturated heterocycles. The van der Waals surface area contributed by atoms with Gasteiger partial charge in [0.25, 0.3) is 0 Å². The van der Waals surface area contributed by atoms with E-state index in [-0.39, 0.29) is 5.95 Å². The number of nitrogens with two attached hydrogens (primary N) is 3. The summed E-state index contributed by atoms with van der Waals surface area (Å²) in [5, 5.41) is 0. The standard InChI is InChI=1S/C21H21N7O2/c22-13-9-12(15-11-18(27-21(24)26-15)28-5-7-29-8-6-28)10-17-19(13)20(23)25-14-3-1-2-4-16(14)30-17/h1-4,9-11H,5-8,22H2,(H2,23,25)(H2,24,26,27). The minimum atomic E-state index is 0.190. The number of ether oxygens (including phenoxy) is 2. The Labute approximate surface area is 173 Å². The van der Waals surface area contributed by atoms with Crippen LogP contribution >= 0.6 is 0 Å². The van der Waals surface area contributed by atoms with Crippen LogP contribution in [0.25, 0.3) is 11.3 Å². The van der Waals surface area contributed by atoms with E-state index in [1.165, 1.54) is 0 Å². The zero-order valence-corrected chi connectivity index (χ0v) is 16.2. The summed E-state index contributed by atoms with van der Waals surface area (Å²) >= 11 is 0. The summed E-state index contributed by atoms with van der Waals surface area (Å²) in [6.45, 7) is 2.79. The van der Waals surface area contributed by atoms with E-state index in [1.54, 1.807) is 6.07 Å². The number of morpholine rings is 1. The van der Waals surface area contributed by atoms with Gasteiger partial charge in [0.1, 0.15) is 23.1 Å². The maximum atomic E-state index is 6.35. The third-order valence-corrected chi connectivity index (χ3v) is 5.08. The molecule has 0 unspecified atom stereocenters. The summed E-state index contributed by atoms with van der Waals surface area (Å²) in [6, 6.07) is 13.0. The molecule has 2 aliphatic rings. The Morgan fingerprint density at radius 3 is 2.53 bits per heavy atom. The van der Waals surface area contributed by atoms with Crippen LogP contribution in [-0.2, 0) is 4.74 Å². The van der Waals surface area contributed by atoms with Crippen LogP contribution in [0.1, 0.15) is 5.56 Å². The van der Waals surface area contributed by atoms with Crippen molar-refractivity contribution in [3.05, 3.63) is 48.0 Å². The highest BCUT2D eigenvalue weighted by molar-refractivity contribution is 6.07. The summed E-state index contributed by atoms with van der Waals surface area (Å²) in [6.07, 6.45) is 0. The number of benzene rings is 2. The van der Waals surface area contributed by atoms with Gasteiger partial charge in [-0.3, -0.25) is 0 Å². The molecule has 6 N–H and O–H groups in total. The van der Waals surface area contributed by atoms with Gasteiger partial charge in [0.05, 0.1) is 24.5 Å². The van der Waals surface area contributed by atoms with E-state index in [1.807, 2.05) is 36.4 Å². The van der Waals surface area contributed by atoms with Crippen molar-refractivity contribution >= 4 is 29.0 Å². The molecule has 0 aliphatic carbocycles. The van der Waals surface area contributed by atoms with Crippen LogP contribution in [0.15, 0.2) is 47.5 Å². The molecule has 5 rings (SSSR count). The van der Waals surface area contributed by atoms with Crippen molar-refractivity contribution < 1.29 is 9.47 Å². The number of para-hydroxylation sites is 2. The molecule has 30 heavy (non-hydrogen) atoms. The largest absolute Gasteiger partial charge is 0.454 e. The molecule has 1 fully saturated rings. The summed E-state index contributed by atoms with van der Waals surface area (Å²) in [5.74, 6) is 2.36. The lowest BCUT2D eigenvalue weighted by atomic mass is 10.0. The molecule has 0 atom stereocenters. The van der Waals surface area contributed by atoms with E-state index in [9.17, 15) is 0 Å². The number of hydrogen-bond acceptors (Lipinski definition) is 9. The molecule has 9 nitrogen and oxygen atoms in total. The fraction of sp³-hybridized carbons (Fsp3) is 0.190. The SMILES string of the molecule is NC1=Nc2ccccc2Oc2cc(-c3cc(N4CCOCC4)nc(N)n3)cc(N)c21. The van der Waals surface area contributed by atoms with Crippen LogP contribution in [0, 0.1) is 0 Å². The molecule has 0 spiro atoms. The molecule has 0 amide bonds. The molecule has 1 aromatic heterocycles. The van der Waals surface area contributed by atoms with E-state index in [0.717, 1.165) is 24.5 Å². The summed E-state index contributed by atoms with van der Waals surface area (Å²) in [5.41, 5.74) is 21.6. The molecule has 0 saturated carbocycles. The number of hydrogen-bond donors (Lipinski definition) is 3. The van der Waals surface area contributed by atoms with Crippen LogP contribution in [-0.4, -0.2) is 42.1 Å². The van der Waals surface area contributed by atoms with Gasteiger partial charge in [0, 0.05) is 30.4 Å². The molecule has 3 aromatic rings. The predicted molar refractivity (Wildman–Crippen MR) is 116 cm³/mol.